The van der Waals surface area contributed by atoms with Gasteiger partial charge in [-0.05, 0) is 13.0 Å². The number of anilines is 1. The summed E-state index contributed by atoms with van der Waals surface area (Å²) in [5, 5.41) is 9.20. The van der Waals surface area contributed by atoms with Gasteiger partial charge in [0.15, 0.2) is 0 Å². The van der Waals surface area contributed by atoms with Crippen LogP contribution in [0.4, 0.5) is 5.69 Å². The van der Waals surface area contributed by atoms with Crippen molar-refractivity contribution in [1.82, 2.24) is 9.88 Å². The lowest BCUT2D eigenvalue weighted by molar-refractivity contribution is -0.129. The van der Waals surface area contributed by atoms with Crippen LogP contribution in [0.1, 0.15) is 23.0 Å². The maximum absolute atomic E-state index is 11.3. The highest BCUT2D eigenvalue weighted by atomic mass is 16.4. The highest BCUT2D eigenvalue weighted by molar-refractivity contribution is 5.94. The third kappa shape index (κ3) is 2.83. The molecule has 0 radical (unpaired) electrons. The molecule has 1 amide bonds. The predicted molar refractivity (Wildman–Crippen MR) is 70.4 cm³/mol. The van der Waals surface area contributed by atoms with E-state index in [0.29, 0.717) is 31.9 Å². The molecule has 1 aromatic heterocycles. The average Bonchev–Trinajstić information content (AvgIpc) is 2.38. The quantitative estimate of drug-likeness (QED) is 0.852. The summed E-state index contributed by atoms with van der Waals surface area (Å²) in [4.78, 5) is 30.3. The van der Waals surface area contributed by atoms with Crippen LogP contribution < -0.4 is 4.90 Å². The molecule has 6 heteroatoms. The zero-order valence-electron chi connectivity index (χ0n) is 11.1. The van der Waals surface area contributed by atoms with E-state index in [9.17, 15) is 14.7 Å². The zero-order valence-corrected chi connectivity index (χ0v) is 11.1. The highest BCUT2D eigenvalue weighted by Gasteiger charge is 2.22. The average molecular weight is 263 g/mol. The molecule has 0 atom stereocenters. The molecule has 2 rings (SSSR count). The number of carboxylic acids is 1. The van der Waals surface area contributed by atoms with Gasteiger partial charge in [0.1, 0.15) is 5.56 Å². The standard InChI is InChI=1S/C13H17N3O3/c1-9-7-12(11(8-14-9)13(18)19)16-5-3-15(4-6-16)10(2)17/h7-8H,3-6H2,1-2H3,(H,18,19). The lowest BCUT2D eigenvalue weighted by Gasteiger charge is -2.36. The van der Waals surface area contributed by atoms with Gasteiger partial charge in [0, 0.05) is 45.0 Å². The van der Waals surface area contributed by atoms with Gasteiger partial charge in [0.05, 0.1) is 5.69 Å². The monoisotopic (exact) mass is 263 g/mol. The van der Waals surface area contributed by atoms with Crippen molar-refractivity contribution in [2.24, 2.45) is 0 Å². The number of carbonyl (C=O) groups excluding carboxylic acids is 1. The van der Waals surface area contributed by atoms with Crippen molar-refractivity contribution in [2.75, 3.05) is 31.1 Å². The highest BCUT2D eigenvalue weighted by Crippen LogP contribution is 2.22. The molecule has 1 N–H and O–H groups in total. The van der Waals surface area contributed by atoms with Crippen LogP contribution in [-0.4, -0.2) is 53.0 Å². The first-order chi connectivity index (χ1) is 8.99. The van der Waals surface area contributed by atoms with E-state index in [1.807, 2.05) is 11.8 Å². The molecule has 0 bridgehead atoms. The number of carbonyl (C=O) groups is 2. The number of piperazine rings is 1. The number of nitrogens with zero attached hydrogens (tertiary/aromatic N) is 3. The summed E-state index contributed by atoms with van der Waals surface area (Å²) in [5.41, 5.74) is 1.68. The van der Waals surface area contributed by atoms with Gasteiger partial charge >= 0.3 is 5.97 Å². The smallest absolute Gasteiger partial charge is 0.339 e. The second-order valence-electron chi connectivity index (χ2n) is 4.64. The molecule has 0 unspecified atom stereocenters. The van der Waals surface area contributed by atoms with Crippen LogP contribution >= 0.6 is 0 Å². The number of pyridine rings is 1. The number of rotatable bonds is 2. The second kappa shape index (κ2) is 5.26. The van der Waals surface area contributed by atoms with Crippen molar-refractivity contribution in [1.29, 1.82) is 0 Å². The van der Waals surface area contributed by atoms with Gasteiger partial charge in [0.25, 0.3) is 0 Å². The van der Waals surface area contributed by atoms with E-state index < -0.39 is 5.97 Å². The number of hydrogen-bond donors (Lipinski definition) is 1. The fraction of sp³-hybridized carbons (Fsp3) is 0.462. The van der Waals surface area contributed by atoms with Crippen molar-refractivity contribution in [3.8, 4) is 0 Å². The van der Waals surface area contributed by atoms with Crippen LogP contribution in [0.3, 0.4) is 0 Å². The number of carboxylic acid groups (broad SMARTS) is 1. The molecule has 0 aliphatic carbocycles. The van der Waals surface area contributed by atoms with Gasteiger partial charge in [0.2, 0.25) is 5.91 Å². The number of aryl methyl sites for hydroxylation is 1. The van der Waals surface area contributed by atoms with E-state index in [0.717, 1.165) is 5.69 Å². The molecule has 2 heterocycles. The third-order valence-corrected chi connectivity index (χ3v) is 3.31. The molecule has 0 spiro atoms. The Morgan fingerprint density at radius 2 is 1.89 bits per heavy atom. The van der Waals surface area contributed by atoms with Crippen LogP contribution in [-0.2, 0) is 4.79 Å². The predicted octanol–water partition coefficient (Wildman–Crippen LogP) is 0.757. The fourth-order valence-corrected chi connectivity index (χ4v) is 2.23. The number of hydrogen-bond acceptors (Lipinski definition) is 4. The van der Waals surface area contributed by atoms with Gasteiger partial charge in [-0.2, -0.15) is 0 Å². The lowest BCUT2D eigenvalue weighted by atomic mass is 10.1. The van der Waals surface area contributed by atoms with Gasteiger partial charge in [-0.15, -0.1) is 0 Å². The minimum absolute atomic E-state index is 0.0593. The molecule has 1 aliphatic heterocycles. The summed E-state index contributed by atoms with van der Waals surface area (Å²) in [6, 6.07) is 1.78. The Morgan fingerprint density at radius 1 is 1.26 bits per heavy atom. The Balaban J connectivity index is 2.21. The molecule has 0 aromatic carbocycles. The maximum atomic E-state index is 11.3. The lowest BCUT2D eigenvalue weighted by Crippen LogP contribution is -2.48. The third-order valence-electron chi connectivity index (χ3n) is 3.31. The minimum atomic E-state index is -0.975. The first-order valence-electron chi connectivity index (χ1n) is 6.19. The largest absolute Gasteiger partial charge is 0.478 e. The summed E-state index contributed by atoms with van der Waals surface area (Å²) in [7, 11) is 0. The first-order valence-corrected chi connectivity index (χ1v) is 6.19. The van der Waals surface area contributed by atoms with Crippen molar-refractivity contribution < 1.29 is 14.7 Å². The molecular weight excluding hydrogens is 246 g/mol. The van der Waals surface area contributed by atoms with E-state index in [-0.39, 0.29) is 11.5 Å². The summed E-state index contributed by atoms with van der Waals surface area (Å²) in [6.45, 7) is 5.91. The topological polar surface area (TPSA) is 73.7 Å². The van der Waals surface area contributed by atoms with Gasteiger partial charge in [-0.25, -0.2) is 4.79 Å². The molecule has 0 saturated carbocycles. The molecule has 19 heavy (non-hydrogen) atoms. The maximum Gasteiger partial charge on any atom is 0.339 e. The van der Waals surface area contributed by atoms with E-state index in [1.54, 1.807) is 17.9 Å². The van der Waals surface area contributed by atoms with Crippen molar-refractivity contribution in [3.63, 3.8) is 0 Å². The molecule has 1 saturated heterocycles. The zero-order chi connectivity index (χ0) is 14.0. The van der Waals surface area contributed by atoms with E-state index >= 15 is 0 Å². The Morgan fingerprint density at radius 3 is 2.42 bits per heavy atom. The summed E-state index contributed by atoms with van der Waals surface area (Å²) < 4.78 is 0. The Bertz CT molecular complexity index is 508. The van der Waals surface area contributed by atoms with Crippen molar-refractivity contribution in [3.05, 3.63) is 23.5 Å². The Hall–Kier alpha value is -2.11. The molecule has 1 fully saturated rings. The summed E-state index contributed by atoms with van der Waals surface area (Å²) in [6.07, 6.45) is 1.39. The van der Waals surface area contributed by atoms with Gasteiger partial charge in [-0.3, -0.25) is 9.78 Å². The van der Waals surface area contributed by atoms with Crippen LogP contribution in [0, 0.1) is 6.92 Å². The molecule has 1 aliphatic rings. The van der Waals surface area contributed by atoms with E-state index in [2.05, 4.69) is 4.98 Å². The first kappa shape index (κ1) is 13.3. The van der Waals surface area contributed by atoms with Crippen LogP contribution in [0.25, 0.3) is 0 Å². The molecule has 1 aromatic rings. The van der Waals surface area contributed by atoms with E-state index in [1.165, 1.54) is 6.20 Å². The van der Waals surface area contributed by atoms with Crippen LogP contribution in [0.2, 0.25) is 0 Å². The number of amides is 1. The number of aromatic nitrogens is 1. The molecule has 6 nitrogen and oxygen atoms in total. The van der Waals surface area contributed by atoms with Gasteiger partial charge < -0.3 is 14.9 Å². The number of aromatic carboxylic acids is 1. The SMILES string of the molecule is CC(=O)N1CCN(c2cc(C)ncc2C(=O)O)CC1. The van der Waals surface area contributed by atoms with E-state index in [4.69, 9.17) is 0 Å². The van der Waals surface area contributed by atoms with Crippen LogP contribution in [0.5, 0.6) is 0 Å². The van der Waals surface area contributed by atoms with Crippen molar-refractivity contribution in [2.45, 2.75) is 13.8 Å². The van der Waals surface area contributed by atoms with Gasteiger partial charge in [-0.1, -0.05) is 0 Å². The Labute approximate surface area is 111 Å². The summed E-state index contributed by atoms with van der Waals surface area (Å²) >= 11 is 0. The summed E-state index contributed by atoms with van der Waals surface area (Å²) in [5.74, 6) is -0.916. The fourth-order valence-electron chi connectivity index (χ4n) is 2.23. The van der Waals surface area contributed by atoms with Crippen LogP contribution in [0.15, 0.2) is 12.3 Å². The molecular formula is C13H17N3O3. The van der Waals surface area contributed by atoms with Crippen molar-refractivity contribution >= 4 is 17.6 Å². The Kier molecular flexibility index (Phi) is 3.69. The minimum Gasteiger partial charge on any atom is -0.478 e. The second-order valence-corrected chi connectivity index (χ2v) is 4.64. The normalized spacial score (nSPS) is 15.5. The molecule has 102 valence electrons.